The zero-order valence-corrected chi connectivity index (χ0v) is 9.35. The average Bonchev–Trinajstić information content (AvgIpc) is 2.26. The predicted molar refractivity (Wildman–Crippen MR) is 61.7 cm³/mol. The van der Waals surface area contributed by atoms with Crippen LogP contribution in [0, 0.1) is 0 Å². The van der Waals surface area contributed by atoms with E-state index in [0.717, 1.165) is 18.8 Å². The molecule has 0 amide bonds. The van der Waals surface area contributed by atoms with Crippen LogP contribution < -0.4 is 10.5 Å². The van der Waals surface area contributed by atoms with Crippen molar-refractivity contribution in [3.05, 3.63) is 29.8 Å². The number of ketones is 1. The number of likely N-dealkylation sites (tertiary alicyclic amines) is 1. The molecule has 0 aromatic heterocycles. The van der Waals surface area contributed by atoms with E-state index in [1.165, 1.54) is 0 Å². The van der Waals surface area contributed by atoms with Gasteiger partial charge in [-0.3, -0.25) is 9.69 Å². The number of hydrogen-bond acceptors (Lipinski definition) is 4. The van der Waals surface area contributed by atoms with E-state index in [1.807, 2.05) is 19.2 Å². The van der Waals surface area contributed by atoms with Gasteiger partial charge in [0, 0.05) is 18.7 Å². The fourth-order valence-corrected chi connectivity index (χ4v) is 1.77. The molecule has 0 aliphatic carbocycles. The van der Waals surface area contributed by atoms with E-state index in [4.69, 9.17) is 10.5 Å². The normalized spacial score (nSPS) is 16.9. The van der Waals surface area contributed by atoms with Gasteiger partial charge in [-0.05, 0) is 19.2 Å². The van der Waals surface area contributed by atoms with E-state index < -0.39 is 0 Å². The first-order chi connectivity index (χ1) is 7.69. The Morgan fingerprint density at radius 1 is 1.56 bits per heavy atom. The second-order valence-corrected chi connectivity index (χ2v) is 4.12. The Labute approximate surface area is 95.0 Å². The first kappa shape index (κ1) is 11.1. The fourth-order valence-electron chi connectivity index (χ4n) is 1.77. The molecule has 1 aromatic carbocycles. The fraction of sp³-hybridized carbons (Fsp3) is 0.417. The Bertz CT molecular complexity index is 386. The molecule has 0 radical (unpaired) electrons. The highest BCUT2D eigenvalue weighted by atomic mass is 16.5. The molecular weight excluding hydrogens is 204 g/mol. The van der Waals surface area contributed by atoms with Crippen molar-refractivity contribution in [1.29, 1.82) is 0 Å². The molecule has 2 rings (SSSR count). The summed E-state index contributed by atoms with van der Waals surface area (Å²) in [6, 6.07) is 7.20. The van der Waals surface area contributed by atoms with Crippen LogP contribution in [0.3, 0.4) is 0 Å². The molecule has 0 atom stereocenters. The van der Waals surface area contributed by atoms with Crippen LogP contribution in [0.4, 0.5) is 0 Å². The van der Waals surface area contributed by atoms with Gasteiger partial charge in [0.05, 0.1) is 6.54 Å². The topological polar surface area (TPSA) is 55.6 Å². The number of benzene rings is 1. The van der Waals surface area contributed by atoms with Gasteiger partial charge in [0.2, 0.25) is 0 Å². The third kappa shape index (κ3) is 2.40. The monoisotopic (exact) mass is 220 g/mol. The number of nitrogens with two attached hydrogens (primary N) is 1. The number of carbonyl (C=O) groups is 1. The number of rotatable bonds is 4. The highest BCUT2D eigenvalue weighted by molar-refractivity contribution is 5.97. The second kappa shape index (κ2) is 4.63. The average molecular weight is 220 g/mol. The third-order valence-electron chi connectivity index (χ3n) is 2.67. The van der Waals surface area contributed by atoms with Crippen LogP contribution in [0.25, 0.3) is 0 Å². The molecule has 16 heavy (non-hydrogen) atoms. The van der Waals surface area contributed by atoms with Gasteiger partial charge in [-0.15, -0.1) is 0 Å². The quantitative estimate of drug-likeness (QED) is 0.752. The van der Waals surface area contributed by atoms with E-state index in [9.17, 15) is 4.79 Å². The molecule has 0 saturated carbocycles. The summed E-state index contributed by atoms with van der Waals surface area (Å²) in [7, 11) is 2.05. The minimum absolute atomic E-state index is 0.0373. The molecule has 1 saturated heterocycles. The van der Waals surface area contributed by atoms with Gasteiger partial charge >= 0.3 is 0 Å². The van der Waals surface area contributed by atoms with Gasteiger partial charge < -0.3 is 10.5 Å². The summed E-state index contributed by atoms with van der Waals surface area (Å²) in [5.74, 6) is 0.688. The number of ether oxygens (including phenoxy) is 1. The predicted octanol–water partition coefficient (Wildman–Crippen LogP) is 0.521. The third-order valence-corrected chi connectivity index (χ3v) is 2.67. The molecule has 0 spiro atoms. The molecule has 0 unspecified atom stereocenters. The second-order valence-electron chi connectivity index (χ2n) is 4.12. The van der Waals surface area contributed by atoms with Crippen LogP contribution in [-0.4, -0.2) is 43.5 Å². The zero-order valence-electron chi connectivity index (χ0n) is 9.35. The zero-order chi connectivity index (χ0) is 11.5. The molecular formula is C12H16N2O2. The molecule has 1 aliphatic rings. The number of carbonyl (C=O) groups excluding carboxylic acids is 1. The summed E-state index contributed by atoms with van der Waals surface area (Å²) < 4.78 is 5.72. The van der Waals surface area contributed by atoms with E-state index in [0.29, 0.717) is 5.56 Å². The van der Waals surface area contributed by atoms with Crippen LogP contribution in [-0.2, 0) is 0 Å². The van der Waals surface area contributed by atoms with E-state index in [1.54, 1.807) is 12.1 Å². The maximum Gasteiger partial charge on any atom is 0.176 e. The Hall–Kier alpha value is -1.39. The van der Waals surface area contributed by atoms with Crippen LogP contribution in [0.5, 0.6) is 5.75 Å². The van der Waals surface area contributed by atoms with Gasteiger partial charge in [-0.25, -0.2) is 0 Å². The van der Waals surface area contributed by atoms with Crippen molar-refractivity contribution < 1.29 is 9.53 Å². The molecule has 1 aliphatic heterocycles. The maximum absolute atomic E-state index is 11.4. The van der Waals surface area contributed by atoms with Crippen molar-refractivity contribution in [2.45, 2.75) is 6.10 Å². The van der Waals surface area contributed by atoms with E-state index in [-0.39, 0.29) is 18.4 Å². The summed E-state index contributed by atoms with van der Waals surface area (Å²) in [5, 5.41) is 0. The Morgan fingerprint density at radius 3 is 2.94 bits per heavy atom. The summed E-state index contributed by atoms with van der Waals surface area (Å²) in [6.07, 6.45) is 0.244. The number of Topliss-reactive ketones (excluding diaryl/α,β-unsaturated/α-hetero) is 1. The lowest BCUT2D eigenvalue weighted by Crippen LogP contribution is -2.51. The highest BCUT2D eigenvalue weighted by Gasteiger charge is 2.24. The Balaban J connectivity index is 2.02. The van der Waals surface area contributed by atoms with Crippen molar-refractivity contribution in [3.8, 4) is 5.75 Å². The van der Waals surface area contributed by atoms with E-state index in [2.05, 4.69) is 4.90 Å². The standard InChI is InChI=1S/C12H16N2O2/c1-14-7-11(8-14)16-10-4-2-3-9(5-10)12(15)6-13/h2-5,11H,6-8,13H2,1H3. The molecule has 1 aromatic rings. The van der Waals surface area contributed by atoms with Gasteiger partial charge in [0.1, 0.15) is 11.9 Å². The van der Waals surface area contributed by atoms with Crippen molar-refractivity contribution in [1.82, 2.24) is 4.90 Å². The first-order valence-corrected chi connectivity index (χ1v) is 5.37. The van der Waals surface area contributed by atoms with Crippen molar-refractivity contribution in [3.63, 3.8) is 0 Å². The van der Waals surface area contributed by atoms with Gasteiger partial charge in [0.25, 0.3) is 0 Å². The summed E-state index contributed by atoms with van der Waals surface area (Å²) in [4.78, 5) is 13.6. The molecule has 4 nitrogen and oxygen atoms in total. The smallest absolute Gasteiger partial charge is 0.176 e. The largest absolute Gasteiger partial charge is 0.488 e. The Kier molecular flexibility index (Phi) is 3.22. The van der Waals surface area contributed by atoms with Gasteiger partial charge in [0.15, 0.2) is 5.78 Å². The van der Waals surface area contributed by atoms with Crippen LogP contribution in [0.2, 0.25) is 0 Å². The van der Waals surface area contributed by atoms with Crippen LogP contribution in [0.15, 0.2) is 24.3 Å². The number of nitrogens with zero attached hydrogens (tertiary/aromatic N) is 1. The number of likely N-dealkylation sites (N-methyl/N-ethyl adjacent to an activating group) is 1. The van der Waals surface area contributed by atoms with Crippen LogP contribution >= 0.6 is 0 Å². The maximum atomic E-state index is 11.4. The minimum atomic E-state index is -0.0591. The Morgan fingerprint density at radius 2 is 2.31 bits per heavy atom. The molecule has 86 valence electrons. The van der Waals surface area contributed by atoms with Crippen molar-refractivity contribution >= 4 is 5.78 Å². The minimum Gasteiger partial charge on any atom is -0.488 e. The number of hydrogen-bond donors (Lipinski definition) is 1. The van der Waals surface area contributed by atoms with Crippen molar-refractivity contribution in [2.75, 3.05) is 26.7 Å². The van der Waals surface area contributed by atoms with Gasteiger partial charge in [-0.1, -0.05) is 12.1 Å². The van der Waals surface area contributed by atoms with E-state index >= 15 is 0 Å². The lowest BCUT2D eigenvalue weighted by molar-refractivity contribution is 0.0387. The lowest BCUT2D eigenvalue weighted by atomic mass is 10.1. The summed E-state index contributed by atoms with van der Waals surface area (Å²) in [6.45, 7) is 1.92. The summed E-state index contributed by atoms with van der Waals surface area (Å²) >= 11 is 0. The van der Waals surface area contributed by atoms with Gasteiger partial charge in [-0.2, -0.15) is 0 Å². The van der Waals surface area contributed by atoms with Crippen LogP contribution in [0.1, 0.15) is 10.4 Å². The SMILES string of the molecule is CN1CC(Oc2cccc(C(=O)CN)c2)C1. The molecule has 1 fully saturated rings. The van der Waals surface area contributed by atoms with Crippen molar-refractivity contribution in [2.24, 2.45) is 5.73 Å². The highest BCUT2D eigenvalue weighted by Crippen LogP contribution is 2.18. The molecule has 4 heteroatoms. The first-order valence-electron chi connectivity index (χ1n) is 5.37. The lowest BCUT2D eigenvalue weighted by Gasteiger charge is -2.36. The molecule has 1 heterocycles. The molecule has 2 N–H and O–H groups in total. The molecule has 0 bridgehead atoms. The summed E-state index contributed by atoms with van der Waals surface area (Å²) in [5.41, 5.74) is 5.93.